The van der Waals surface area contributed by atoms with Gasteiger partial charge in [0.2, 0.25) is 0 Å². The number of hydrogen-bond donors (Lipinski definition) is 1. The summed E-state index contributed by atoms with van der Waals surface area (Å²) >= 11 is 0. The minimum absolute atomic E-state index is 0.617. The summed E-state index contributed by atoms with van der Waals surface area (Å²) in [6, 6.07) is 10.5. The molecule has 1 N–H and O–H groups in total. The van der Waals surface area contributed by atoms with Gasteiger partial charge in [0.05, 0.1) is 11.3 Å². The molecule has 0 radical (unpaired) electrons. The fourth-order valence-electron chi connectivity index (χ4n) is 2.51. The van der Waals surface area contributed by atoms with Crippen molar-refractivity contribution in [3.63, 3.8) is 0 Å². The Morgan fingerprint density at radius 2 is 2.29 bits per heavy atom. The molecule has 1 atom stereocenters. The largest absolute Gasteiger partial charge is 0.382 e. The van der Waals surface area contributed by atoms with Crippen LogP contribution in [0, 0.1) is 11.3 Å². The van der Waals surface area contributed by atoms with Crippen molar-refractivity contribution in [1.29, 1.82) is 5.26 Å². The van der Waals surface area contributed by atoms with Gasteiger partial charge in [0, 0.05) is 12.6 Å². The average molecular weight is 229 g/mol. The van der Waals surface area contributed by atoms with Crippen molar-refractivity contribution in [3.8, 4) is 6.07 Å². The van der Waals surface area contributed by atoms with E-state index in [1.807, 2.05) is 24.3 Å². The molecule has 3 heteroatoms. The zero-order valence-corrected chi connectivity index (χ0v) is 10.3. The molecule has 1 saturated heterocycles. The van der Waals surface area contributed by atoms with Gasteiger partial charge in [-0.2, -0.15) is 5.26 Å². The monoisotopic (exact) mass is 229 g/mol. The summed E-state index contributed by atoms with van der Waals surface area (Å²) < 4.78 is 0. The van der Waals surface area contributed by atoms with Gasteiger partial charge in [-0.3, -0.25) is 4.90 Å². The molecule has 1 heterocycles. The van der Waals surface area contributed by atoms with Crippen LogP contribution in [0.5, 0.6) is 0 Å². The first-order chi connectivity index (χ1) is 8.35. The lowest BCUT2D eigenvalue weighted by Gasteiger charge is -2.23. The molecule has 90 valence electrons. The molecule has 1 aromatic carbocycles. The Morgan fingerprint density at radius 3 is 3.06 bits per heavy atom. The Hall–Kier alpha value is -1.53. The highest BCUT2D eigenvalue weighted by Gasteiger charge is 2.22. The summed E-state index contributed by atoms with van der Waals surface area (Å²) in [5.74, 6) is 0. The SMILES string of the molecule is CCN1CCCC1CNc1ccccc1C#N. The number of rotatable bonds is 4. The van der Waals surface area contributed by atoms with Gasteiger partial charge in [0.25, 0.3) is 0 Å². The van der Waals surface area contributed by atoms with E-state index in [0.29, 0.717) is 6.04 Å². The molecule has 17 heavy (non-hydrogen) atoms. The maximum absolute atomic E-state index is 9.01. The normalized spacial score (nSPS) is 20.1. The van der Waals surface area contributed by atoms with E-state index in [9.17, 15) is 0 Å². The quantitative estimate of drug-likeness (QED) is 0.862. The van der Waals surface area contributed by atoms with Crippen LogP contribution in [0.1, 0.15) is 25.3 Å². The van der Waals surface area contributed by atoms with Gasteiger partial charge in [-0.25, -0.2) is 0 Å². The van der Waals surface area contributed by atoms with Crippen LogP contribution < -0.4 is 5.32 Å². The summed E-state index contributed by atoms with van der Waals surface area (Å²) in [5, 5.41) is 12.4. The lowest BCUT2D eigenvalue weighted by molar-refractivity contribution is 0.277. The fraction of sp³-hybridized carbons (Fsp3) is 0.500. The highest BCUT2D eigenvalue weighted by atomic mass is 15.2. The first-order valence-corrected chi connectivity index (χ1v) is 6.32. The van der Waals surface area contributed by atoms with Crippen LogP contribution in [0.3, 0.4) is 0 Å². The lowest BCUT2D eigenvalue weighted by Crippen LogP contribution is -2.34. The van der Waals surface area contributed by atoms with E-state index in [1.165, 1.54) is 19.4 Å². The van der Waals surface area contributed by atoms with Crippen LogP contribution in [0.2, 0.25) is 0 Å². The summed E-state index contributed by atoms with van der Waals surface area (Å²) in [5.41, 5.74) is 1.69. The topological polar surface area (TPSA) is 39.1 Å². The van der Waals surface area contributed by atoms with Gasteiger partial charge in [-0.05, 0) is 38.1 Å². The maximum Gasteiger partial charge on any atom is 0.101 e. The molecular formula is C14H19N3. The molecule has 1 aliphatic heterocycles. The predicted molar refractivity (Wildman–Crippen MR) is 69.9 cm³/mol. The van der Waals surface area contributed by atoms with Gasteiger partial charge >= 0.3 is 0 Å². The van der Waals surface area contributed by atoms with E-state index >= 15 is 0 Å². The van der Waals surface area contributed by atoms with Crippen LogP contribution >= 0.6 is 0 Å². The molecule has 1 aromatic rings. The summed E-state index contributed by atoms with van der Waals surface area (Å²) in [7, 11) is 0. The number of nitrogens with zero attached hydrogens (tertiary/aromatic N) is 2. The van der Waals surface area contributed by atoms with Crippen molar-refractivity contribution >= 4 is 5.69 Å². The highest BCUT2D eigenvalue weighted by molar-refractivity contribution is 5.57. The van der Waals surface area contributed by atoms with Crippen molar-refractivity contribution in [1.82, 2.24) is 4.90 Å². The van der Waals surface area contributed by atoms with Gasteiger partial charge < -0.3 is 5.32 Å². The predicted octanol–water partition coefficient (Wildman–Crippen LogP) is 2.45. The summed E-state index contributed by atoms with van der Waals surface area (Å²) in [6.07, 6.45) is 2.55. The van der Waals surface area contributed by atoms with Gasteiger partial charge in [0.15, 0.2) is 0 Å². The first-order valence-electron chi connectivity index (χ1n) is 6.32. The Morgan fingerprint density at radius 1 is 1.47 bits per heavy atom. The Kier molecular flexibility index (Phi) is 4.00. The van der Waals surface area contributed by atoms with E-state index in [1.54, 1.807) is 0 Å². The van der Waals surface area contributed by atoms with E-state index in [2.05, 4.69) is 23.2 Å². The van der Waals surface area contributed by atoms with Crippen LogP contribution in [0.4, 0.5) is 5.69 Å². The molecule has 0 aliphatic carbocycles. The number of para-hydroxylation sites is 1. The molecule has 2 rings (SSSR count). The number of nitriles is 1. The zero-order valence-electron chi connectivity index (χ0n) is 10.3. The summed E-state index contributed by atoms with van der Waals surface area (Å²) in [6.45, 7) is 5.48. The average Bonchev–Trinajstić information content (AvgIpc) is 2.84. The van der Waals surface area contributed by atoms with Crippen molar-refractivity contribution in [2.24, 2.45) is 0 Å². The number of nitrogens with one attached hydrogen (secondary N) is 1. The third-order valence-corrected chi connectivity index (χ3v) is 3.48. The van der Waals surface area contributed by atoms with E-state index in [0.717, 1.165) is 24.3 Å². The minimum Gasteiger partial charge on any atom is -0.382 e. The molecule has 1 fully saturated rings. The van der Waals surface area contributed by atoms with E-state index in [-0.39, 0.29) is 0 Å². The molecule has 1 aliphatic rings. The molecule has 3 nitrogen and oxygen atoms in total. The second-order valence-electron chi connectivity index (χ2n) is 4.46. The van der Waals surface area contributed by atoms with Crippen molar-refractivity contribution in [2.75, 3.05) is 25.0 Å². The maximum atomic E-state index is 9.01. The fourth-order valence-corrected chi connectivity index (χ4v) is 2.51. The number of hydrogen-bond acceptors (Lipinski definition) is 3. The lowest BCUT2D eigenvalue weighted by atomic mass is 10.1. The smallest absolute Gasteiger partial charge is 0.101 e. The Bertz CT molecular complexity index is 408. The molecular weight excluding hydrogens is 210 g/mol. The van der Waals surface area contributed by atoms with Gasteiger partial charge in [0.1, 0.15) is 6.07 Å². The zero-order chi connectivity index (χ0) is 12.1. The molecule has 0 amide bonds. The summed E-state index contributed by atoms with van der Waals surface area (Å²) in [4.78, 5) is 2.50. The van der Waals surface area contributed by atoms with Gasteiger partial charge in [-0.15, -0.1) is 0 Å². The number of likely N-dealkylation sites (N-methyl/N-ethyl adjacent to an activating group) is 1. The second kappa shape index (κ2) is 5.70. The number of anilines is 1. The van der Waals surface area contributed by atoms with Crippen molar-refractivity contribution < 1.29 is 0 Å². The first kappa shape index (κ1) is 11.9. The molecule has 1 unspecified atom stereocenters. The third-order valence-electron chi connectivity index (χ3n) is 3.48. The molecule has 0 aromatic heterocycles. The van der Waals surface area contributed by atoms with Crippen LogP contribution in [-0.2, 0) is 0 Å². The molecule has 0 saturated carbocycles. The Balaban J connectivity index is 1.96. The van der Waals surface area contributed by atoms with Crippen LogP contribution in [0.25, 0.3) is 0 Å². The number of likely N-dealkylation sites (tertiary alicyclic amines) is 1. The van der Waals surface area contributed by atoms with Gasteiger partial charge in [-0.1, -0.05) is 19.1 Å². The van der Waals surface area contributed by atoms with Crippen molar-refractivity contribution in [3.05, 3.63) is 29.8 Å². The Labute approximate surface area is 103 Å². The molecule has 0 bridgehead atoms. The van der Waals surface area contributed by atoms with E-state index < -0.39 is 0 Å². The number of benzene rings is 1. The highest BCUT2D eigenvalue weighted by Crippen LogP contribution is 2.19. The minimum atomic E-state index is 0.617. The standard InChI is InChI=1S/C14H19N3/c1-2-17-9-5-7-13(17)11-16-14-8-4-3-6-12(14)10-15/h3-4,6,8,13,16H,2,5,7,9,11H2,1H3. The third kappa shape index (κ3) is 2.78. The second-order valence-corrected chi connectivity index (χ2v) is 4.46. The van der Waals surface area contributed by atoms with Crippen LogP contribution in [-0.4, -0.2) is 30.6 Å². The van der Waals surface area contributed by atoms with Crippen molar-refractivity contribution in [2.45, 2.75) is 25.8 Å². The van der Waals surface area contributed by atoms with E-state index in [4.69, 9.17) is 5.26 Å². The van der Waals surface area contributed by atoms with Crippen LogP contribution in [0.15, 0.2) is 24.3 Å². The molecule has 0 spiro atoms.